The molecule has 0 bridgehead atoms. The average molecular weight is 322 g/mol. The van der Waals surface area contributed by atoms with Crippen molar-refractivity contribution in [2.24, 2.45) is 5.41 Å². The van der Waals surface area contributed by atoms with Crippen LogP contribution in [0.25, 0.3) is 0 Å². The van der Waals surface area contributed by atoms with Gasteiger partial charge in [-0.05, 0) is 63.2 Å². The van der Waals surface area contributed by atoms with E-state index in [1.165, 1.54) is 57.8 Å². The molecule has 2 aliphatic heterocycles. The minimum Gasteiger partial charge on any atom is -0.392 e. The van der Waals surface area contributed by atoms with Crippen LogP contribution in [0.1, 0.15) is 64.2 Å². The van der Waals surface area contributed by atoms with Gasteiger partial charge in [0.1, 0.15) is 0 Å². The van der Waals surface area contributed by atoms with Gasteiger partial charge in [-0.15, -0.1) is 0 Å². The molecule has 2 saturated carbocycles. The van der Waals surface area contributed by atoms with Crippen molar-refractivity contribution in [2.75, 3.05) is 26.3 Å². The molecule has 3 atom stereocenters. The number of β-amino-alcohol motifs (C(OH)–C–C–N with tert-alkyl or cyclic N) is 1. The van der Waals surface area contributed by atoms with Gasteiger partial charge >= 0.3 is 0 Å². The highest BCUT2D eigenvalue weighted by molar-refractivity contribution is 4.97. The van der Waals surface area contributed by atoms with Gasteiger partial charge < -0.3 is 15.2 Å². The third-order valence-corrected chi connectivity index (χ3v) is 7.19. The second kappa shape index (κ2) is 6.99. The van der Waals surface area contributed by atoms with Crippen LogP contribution in [0.3, 0.4) is 0 Å². The Morgan fingerprint density at radius 2 is 1.74 bits per heavy atom. The third-order valence-electron chi connectivity index (χ3n) is 7.19. The van der Waals surface area contributed by atoms with Crippen molar-refractivity contribution in [3.05, 3.63) is 0 Å². The lowest BCUT2D eigenvalue weighted by atomic mass is 9.68. The summed E-state index contributed by atoms with van der Waals surface area (Å²) in [5, 5.41) is 13.9. The fourth-order valence-electron chi connectivity index (χ4n) is 5.65. The number of nitrogens with one attached hydrogen (secondary N) is 1. The lowest BCUT2D eigenvalue weighted by Crippen LogP contribution is -2.51. The zero-order valence-electron chi connectivity index (χ0n) is 14.5. The van der Waals surface area contributed by atoms with Gasteiger partial charge in [-0.3, -0.25) is 4.90 Å². The molecule has 4 rings (SSSR count). The monoisotopic (exact) mass is 322 g/mol. The van der Waals surface area contributed by atoms with Crippen molar-refractivity contribution >= 4 is 0 Å². The number of rotatable bonds is 3. The summed E-state index contributed by atoms with van der Waals surface area (Å²) in [6.07, 6.45) is 13.0. The summed E-state index contributed by atoms with van der Waals surface area (Å²) in [7, 11) is 0. The lowest BCUT2D eigenvalue weighted by molar-refractivity contribution is -0.0104. The van der Waals surface area contributed by atoms with Crippen LogP contribution in [0.15, 0.2) is 0 Å². The Morgan fingerprint density at radius 1 is 0.957 bits per heavy atom. The highest BCUT2D eigenvalue weighted by Gasteiger charge is 2.40. The van der Waals surface area contributed by atoms with E-state index >= 15 is 0 Å². The summed E-state index contributed by atoms with van der Waals surface area (Å²) in [4.78, 5) is 2.55. The molecule has 0 amide bonds. The van der Waals surface area contributed by atoms with E-state index in [0.29, 0.717) is 17.5 Å². The second-order valence-electron chi connectivity index (χ2n) is 8.60. The zero-order chi connectivity index (χ0) is 15.7. The first-order valence-electron chi connectivity index (χ1n) is 10.0. The van der Waals surface area contributed by atoms with Gasteiger partial charge in [0.2, 0.25) is 0 Å². The van der Waals surface area contributed by atoms with Gasteiger partial charge in [0.15, 0.2) is 0 Å². The van der Waals surface area contributed by atoms with Crippen molar-refractivity contribution in [2.45, 2.75) is 88.4 Å². The van der Waals surface area contributed by atoms with Crippen LogP contribution in [-0.4, -0.2) is 60.5 Å². The van der Waals surface area contributed by atoms with E-state index in [-0.39, 0.29) is 6.10 Å². The number of nitrogens with zero attached hydrogens (tertiary/aromatic N) is 1. The molecular weight excluding hydrogens is 288 g/mol. The van der Waals surface area contributed by atoms with Gasteiger partial charge in [0.25, 0.3) is 0 Å². The number of hydrogen-bond acceptors (Lipinski definition) is 4. The molecule has 4 aliphatic rings. The Labute approximate surface area is 141 Å². The Balaban J connectivity index is 1.28. The molecule has 2 N–H and O–H groups in total. The van der Waals surface area contributed by atoms with E-state index < -0.39 is 0 Å². The van der Waals surface area contributed by atoms with Gasteiger partial charge in [0, 0.05) is 44.4 Å². The van der Waals surface area contributed by atoms with Crippen LogP contribution < -0.4 is 5.32 Å². The Bertz CT molecular complexity index is 387. The van der Waals surface area contributed by atoms with E-state index in [4.69, 9.17) is 4.74 Å². The first kappa shape index (κ1) is 16.3. The van der Waals surface area contributed by atoms with Crippen LogP contribution in [0.2, 0.25) is 0 Å². The van der Waals surface area contributed by atoms with Gasteiger partial charge in [-0.1, -0.05) is 6.42 Å². The molecule has 2 saturated heterocycles. The first-order valence-corrected chi connectivity index (χ1v) is 10.0. The van der Waals surface area contributed by atoms with E-state index in [1.54, 1.807) is 0 Å². The van der Waals surface area contributed by atoms with Crippen LogP contribution >= 0.6 is 0 Å². The molecule has 23 heavy (non-hydrogen) atoms. The maximum Gasteiger partial charge on any atom is 0.0679 e. The third kappa shape index (κ3) is 3.60. The fraction of sp³-hybridized carbons (Fsp3) is 1.00. The fourth-order valence-corrected chi connectivity index (χ4v) is 5.65. The minimum atomic E-state index is -0.0840. The molecule has 1 unspecified atom stereocenters. The van der Waals surface area contributed by atoms with Crippen LogP contribution in [-0.2, 0) is 4.74 Å². The molecule has 2 aliphatic carbocycles. The first-order chi connectivity index (χ1) is 11.2. The predicted molar refractivity (Wildman–Crippen MR) is 91.5 cm³/mol. The van der Waals surface area contributed by atoms with Crippen molar-refractivity contribution in [1.29, 1.82) is 0 Å². The topological polar surface area (TPSA) is 44.7 Å². The van der Waals surface area contributed by atoms with E-state index in [0.717, 1.165) is 38.8 Å². The van der Waals surface area contributed by atoms with Crippen molar-refractivity contribution < 1.29 is 9.84 Å². The minimum absolute atomic E-state index is 0.0840. The standard InChI is InChI=1S/C19H34N2O2/c22-16-6-11-21(14-16)18-3-1-2-17(18)20-15-4-7-19(8-5-15)9-12-23-13-10-19/h15-18,20,22H,1-14H2/t16?,17-,18+/m0/s1. The molecule has 1 spiro atoms. The number of aliphatic hydroxyl groups excluding tert-OH is 1. The van der Waals surface area contributed by atoms with Gasteiger partial charge in [-0.2, -0.15) is 0 Å². The number of aliphatic hydroxyl groups is 1. The SMILES string of the molecule is OC1CCN([C@@H]2CCC[C@@H]2NC2CCC3(CCOCC3)CC2)C1. The maximum atomic E-state index is 9.84. The summed E-state index contributed by atoms with van der Waals surface area (Å²) in [5.74, 6) is 0. The Kier molecular flexibility index (Phi) is 4.96. The molecule has 4 heteroatoms. The predicted octanol–water partition coefficient (Wildman–Crippen LogP) is 2.30. The summed E-state index contributed by atoms with van der Waals surface area (Å²) >= 11 is 0. The summed E-state index contributed by atoms with van der Waals surface area (Å²) < 4.78 is 5.57. The number of likely N-dealkylation sites (tertiary alicyclic amines) is 1. The summed E-state index contributed by atoms with van der Waals surface area (Å²) in [5.41, 5.74) is 0.616. The number of hydrogen-bond donors (Lipinski definition) is 2. The Hall–Kier alpha value is -0.160. The van der Waals surface area contributed by atoms with Crippen LogP contribution in [0.4, 0.5) is 0 Å². The van der Waals surface area contributed by atoms with Crippen LogP contribution in [0, 0.1) is 5.41 Å². The summed E-state index contributed by atoms with van der Waals surface area (Å²) in [6.45, 7) is 3.97. The second-order valence-corrected chi connectivity index (χ2v) is 8.60. The smallest absolute Gasteiger partial charge is 0.0679 e. The van der Waals surface area contributed by atoms with Crippen molar-refractivity contribution in [3.8, 4) is 0 Å². The normalized spacial score (nSPS) is 39.3. The van der Waals surface area contributed by atoms with Gasteiger partial charge in [0.05, 0.1) is 6.10 Å². The molecule has 0 radical (unpaired) electrons. The Morgan fingerprint density at radius 3 is 2.43 bits per heavy atom. The van der Waals surface area contributed by atoms with Crippen molar-refractivity contribution in [3.63, 3.8) is 0 Å². The molecule has 132 valence electrons. The molecule has 2 heterocycles. The molecule has 0 aromatic carbocycles. The highest BCUT2D eigenvalue weighted by Crippen LogP contribution is 2.44. The summed E-state index contributed by atoms with van der Waals surface area (Å²) in [6, 6.07) is 2.06. The molecule has 0 aromatic rings. The highest BCUT2D eigenvalue weighted by atomic mass is 16.5. The maximum absolute atomic E-state index is 9.84. The molecule has 4 fully saturated rings. The van der Waals surface area contributed by atoms with E-state index in [2.05, 4.69) is 10.2 Å². The lowest BCUT2D eigenvalue weighted by Gasteiger charge is -2.44. The molecule has 4 nitrogen and oxygen atoms in total. The largest absolute Gasteiger partial charge is 0.392 e. The van der Waals surface area contributed by atoms with Crippen molar-refractivity contribution in [1.82, 2.24) is 10.2 Å². The van der Waals surface area contributed by atoms with Gasteiger partial charge in [-0.25, -0.2) is 0 Å². The number of ether oxygens (including phenoxy) is 1. The molecular formula is C19H34N2O2. The van der Waals surface area contributed by atoms with E-state index in [1.807, 2.05) is 0 Å². The quantitative estimate of drug-likeness (QED) is 0.837. The average Bonchev–Trinajstić information content (AvgIpc) is 3.19. The van der Waals surface area contributed by atoms with Crippen LogP contribution in [0.5, 0.6) is 0 Å². The van der Waals surface area contributed by atoms with E-state index in [9.17, 15) is 5.11 Å². The molecule has 0 aromatic heterocycles. The zero-order valence-corrected chi connectivity index (χ0v) is 14.5.